The third-order valence-electron chi connectivity index (χ3n) is 3.75. The van der Waals surface area contributed by atoms with Gasteiger partial charge in [-0.15, -0.1) is 0 Å². The molecular formula is C25H43NO2Y. The summed E-state index contributed by atoms with van der Waals surface area (Å²) in [6.45, 7) is 8.25. The maximum absolute atomic E-state index is 11.4. The van der Waals surface area contributed by atoms with E-state index in [1.165, 1.54) is 5.56 Å². The van der Waals surface area contributed by atoms with Crippen LogP contribution in [0.1, 0.15) is 86.0 Å². The second kappa shape index (κ2) is 20.3. The van der Waals surface area contributed by atoms with Gasteiger partial charge in [-0.05, 0) is 37.3 Å². The van der Waals surface area contributed by atoms with E-state index < -0.39 is 6.10 Å². The van der Waals surface area contributed by atoms with Crippen molar-refractivity contribution in [2.75, 3.05) is 0 Å². The summed E-state index contributed by atoms with van der Waals surface area (Å²) in [6.07, 6.45) is 0.260. The van der Waals surface area contributed by atoms with Crippen LogP contribution in [0.3, 0.4) is 0 Å². The first-order valence-corrected chi connectivity index (χ1v) is 8.97. The Bertz CT molecular complexity index is 601. The molecule has 0 aliphatic carbocycles. The number of carbonyl (C=O) groups is 1. The van der Waals surface area contributed by atoms with Gasteiger partial charge in [-0.1, -0.05) is 96.8 Å². The fourth-order valence-corrected chi connectivity index (χ4v) is 2.34. The third-order valence-corrected chi connectivity index (χ3v) is 3.75. The van der Waals surface area contributed by atoms with Crippen LogP contribution in [0.5, 0.6) is 0 Å². The molecule has 0 aliphatic heterocycles. The number of nitrogens with one attached hydrogen (secondary N) is 1. The third kappa shape index (κ3) is 16.5. The van der Waals surface area contributed by atoms with Crippen LogP contribution >= 0.6 is 0 Å². The monoisotopic (exact) mass is 478 g/mol. The fourth-order valence-electron chi connectivity index (χ4n) is 2.34. The summed E-state index contributed by atoms with van der Waals surface area (Å²) in [5.41, 5.74) is 2.28. The van der Waals surface area contributed by atoms with Crippen LogP contribution in [0, 0.1) is 0 Å². The Morgan fingerprint density at radius 1 is 0.828 bits per heavy atom. The van der Waals surface area contributed by atoms with Crippen molar-refractivity contribution in [1.82, 2.24) is 5.32 Å². The molecule has 2 aromatic rings. The van der Waals surface area contributed by atoms with Crippen LogP contribution in [0.4, 0.5) is 0 Å². The molecule has 0 fully saturated rings. The molecule has 29 heavy (non-hydrogen) atoms. The summed E-state index contributed by atoms with van der Waals surface area (Å²) in [4.78, 5) is 11.4. The molecule has 0 saturated heterocycles. The van der Waals surface area contributed by atoms with Crippen molar-refractivity contribution in [3.63, 3.8) is 0 Å². The van der Waals surface area contributed by atoms with Crippen molar-refractivity contribution >= 4 is 5.91 Å². The molecule has 2 N–H and O–H groups in total. The Hall–Kier alpha value is -1.03. The van der Waals surface area contributed by atoms with E-state index in [2.05, 4.69) is 43.4 Å². The number of carbonyl (C=O) groups excluding carboxylic acids is 1. The summed E-state index contributed by atoms with van der Waals surface area (Å²) < 4.78 is 0. The first-order valence-electron chi connectivity index (χ1n) is 8.97. The molecule has 4 heteroatoms. The molecule has 0 saturated carbocycles. The summed E-state index contributed by atoms with van der Waals surface area (Å²) in [7, 11) is 0. The van der Waals surface area contributed by atoms with Gasteiger partial charge in [0.15, 0.2) is 0 Å². The molecule has 0 spiro atoms. The number of hydrogen-bond donors (Lipinski definition) is 2. The van der Waals surface area contributed by atoms with Crippen LogP contribution in [-0.4, -0.2) is 17.1 Å². The number of hydrogen-bond acceptors (Lipinski definition) is 2. The van der Waals surface area contributed by atoms with Crippen molar-refractivity contribution in [3.8, 4) is 0 Å². The van der Waals surface area contributed by atoms with Crippen LogP contribution in [0.25, 0.3) is 0 Å². The van der Waals surface area contributed by atoms with Gasteiger partial charge < -0.3 is 10.4 Å². The number of amides is 1. The molecule has 2 aromatic carbocycles. The van der Waals surface area contributed by atoms with Gasteiger partial charge >= 0.3 is 0 Å². The van der Waals surface area contributed by atoms with Gasteiger partial charge in [0, 0.05) is 45.2 Å². The van der Waals surface area contributed by atoms with Crippen LogP contribution in [0.2, 0.25) is 0 Å². The van der Waals surface area contributed by atoms with E-state index in [0.717, 1.165) is 5.56 Å². The van der Waals surface area contributed by atoms with E-state index in [1.54, 1.807) is 0 Å². The Balaban J connectivity index is -0.000000210. The first-order chi connectivity index (χ1) is 11.9. The van der Waals surface area contributed by atoms with E-state index in [9.17, 15) is 9.90 Å². The summed E-state index contributed by atoms with van der Waals surface area (Å²) in [5, 5.41) is 12.6. The van der Waals surface area contributed by atoms with Crippen LogP contribution < -0.4 is 5.32 Å². The summed E-state index contributed by atoms with van der Waals surface area (Å²) in [6, 6.07) is 20.1. The molecule has 163 valence electrons. The number of rotatable bonds is 6. The predicted octanol–water partition coefficient (Wildman–Crippen LogP) is 6.74. The summed E-state index contributed by atoms with van der Waals surface area (Å²) in [5.74, 6) is 0.649. The zero-order valence-electron chi connectivity index (χ0n) is 16.4. The molecule has 0 aromatic heterocycles. The number of aliphatic hydroxyl groups is 1. The molecule has 0 aliphatic rings. The van der Waals surface area contributed by atoms with E-state index in [0.29, 0.717) is 18.8 Å². The van der Waals surface area contributed by atoms with E-state index >= 15 is 0 Å². The second-order valence-electron chi connectivity index (χ2n) is 6.75. The fraction of sp³-hybridized carbons (Fsp3) is 0.480. The standard InChI is InChI=1S/C13H19NO2.C9H12.3CH4.Y/c1-10(2)14-13(16)9-8-12(15)11-6-4-3-5-7-11;1-8(2)9-6-4-3-5-7-9;;;;/h3-7,10,12,15H,8-9H2,1-2H3,(H,14,16);3-8H,1-2H3;3*1H4;. The molecule has 1 unspecified atom stereocenters. The molecule has 1 radical (unpaired) electrons. The smallest absolute Gasteiger partial charge is 0.220 e. The van der Waals surface area contributed by atoms with Crippen molar-refractivity contribution in [3.05, 3.63) is 71.8 Å². The van der Waals surface area contributed by atoms with Crippen molar-refractivity contribution in [2.45, 2.75) is 80.9 Å². The van der Waals surface area contributed by atoms with Gasteiger partial charge in [-0.25, -0.2) is 0 Å². The van der Waals surface area contributed by atoms with Gasteiger partial charge in [0.2, 0.25) is 5.91 Å². The first kappa shape index (κ1) is 35.4. The molecule has 2 rings (SSSR count). The normalized spacial score (nSPS) is 10.0. The average molecular weight is 479 g/mol. The minimum atomic E-state index is -0.556. The van der Waals surface area contributed by atoms with E-state index in [-0.39, 0.29) is 66.9 Å². The van der Waals surface area contributed by atoms with Crippen molar-refractivity contribution in [2.24, 2.45) is 0 Å². The van der Waals surface area contributed by atoms with Gasteiger partial charge in [0.05, 0.1) is 6.10 Å². The number of aliphatic hydroxyl groups excluding tert-OH is 1. The Morgan fingerprint density at radius 2 is 1.24 bits per heavy atom. The minimum Gasteiger partial charge on any atom is -0.388 e. The zero-order chi connectivity index (χ0) is 18.7. The average Bonchev–Trinajstić information content (AvgIpc) is 2.61. The molecule has 3 nitrogen and oxygen atoms in total. The largest absolute Gasteiger partial charge is 0.388 e. The maximum atomic E-state index is 11.4. The predicted molar refractivity (Wildman–Crippen MR) is 125 cm³/mol. The Kier molecular flexibility index (Phi) is 24.7. The van der Waals surface area contributed by atoms with Crippen molar-refractivity contribution < 1.29 is 42.6 Å². The Labute approximate surface area is 205 Å². The zero-order valence-corrected chi connectivity index (χ0v) is 19.2. The molecule has 0 heterocycles. The van der Waals surface area contributed by atoms with Gasteiger partial charge in [0.25, 0.3) is 0 Å². The van der Waals surface area contributed by atoms with Gasteiger partial charge in [0.1, 0.15) is 0 Å². The van der Waals surface area contributed by atoms with E-state index in [4.69, 9.17) is 0 Å². The van der Waals surface area contributed by atoms with Crippen LogP contribution in [0.15, 0.2) is 60.7 Å². The maximum Gasteiger partial charge on any atom is 0.220 e. The van der Waals surface area contributed by atoms with E-state index in [1.807, 2.05) is 50.2 Å². The Morgan fingerprint density at radius 3 is 1.59 bits per heavy atom. The molecule has 0 bridgehead atoms. The molecular weight excluding hydrogens is 435 g/mol. The summed E-state index contributed by atoms with van der Waals surface area (Å²) >= 11 is 0. The van der Waals surface area contributed by atoms with Crippen molar-refractivity contribution in [1.29, 1.82) is 0 Å². The quantitative estimate of drug-likeness (QED) is 0.483. The van der Waals surface area contributed by atoms with Crippen LogP contribution in [-0.2, 0) is 37.5 Å². The SMILES string of the molecule is C.C.C.CC(C)NC(=O)CCC(O)c1ccccc1.CC(C)c1ccccc1.[Y]. The van der Waals surface area contributed by atoms with Gasteiger partial charge in [-0.2, -0.15) is 0 Å². The van der Waals surface area contributed by atoms with Gasteiger partial charge in [-0.3, -0.25) is 4.79 Å². The second-order valence-corrected chi connectivity index (χ2v) is 6.75. The topological polar surface area (TPSA) is 49.3 Å². The molecule has 1 atom stereocenters. The molecule has 1 amide bonds. The number of benzene rings is 2. The minimum absolute atomic E-state index is 0.